The predicted molar refractivity (Wildman–Crippen MR) is 151 cm³/mol. The number of morpholine rings is 1. The van der Waals surface area contributed by atoms with Crippen LogP contribution in [-0.4, -0.2) is 102 Å². The summed E-state index contributed by atoms with van der Waals surface area (Å²) in [5, 5.41) is 11.7. The van der Waals surface area contributed by atoms with E-state index in [0.29, 0.717) is 83.9 Å². The van der Waals surface area contributed by atoms with Gasteiger partial charge >= 0.3 is 0 Å². The largest absolute Gasteiger partial charge is 0.385 e. The number of aromatic nitrogens is 3. The molecular weight excluding hydrogens is 558 g/mol. The highest BCUT2D eigenvalue weighted by atomic mass is 35.5. The minimum atomic E-state index is -1.05. The molecule has 2 amide bonds. The van der Waals surface area contributed by atoms with Gasteiger partial charge in [0.05, 0.1) is 24.8 Å². The number of hydrogen-bond donors (Lipinski definition) is 1. The third-order valence-corrected chi connectivity index (χ3v) is 7.40. The summed E-state index contributed by atoms with van der Waals surface area (Å²) in [6.45, 7) is 8.33. The molecular formula is C28H41ClF2N6O4. The van der Waals surface area contributed by atoms with Gasteiger partial charge in [0, 0.05) is 52.5 Å². The number of carbonyl (C=O) groups is 2. The van der Waals surface area contributed by atoms with Crippen molar-refractivity contribution in [3.63, 3.8) is 0 Å². The van der Waals surface area contributed by atoms with E-state index in [9.17, 15) is 18.4 Å². The number of benzene rings is 1. The highest BCUT2D eigenvalue weighted by Gasteiger charge is 2.37. The second kappa shape index (κ2) is 15.5. The standard InChI is InChI=1S/C28H40F2N6O4.ClH/c1-19(2)18-35(21-15-20(16-31-17-21)27(37)34-10-13-40-14-11-34)28(38)26-24(8-4-5-12-39-3)36(33-32-26)23-9-6-7-22(29)25(23)30;/h6-7,9,19-21,31H,4-5,8,10-18H2,1-3H3;1H/t20-,21+;/m1./s1. The molecule has 0 aliphatic carbocycles. The molecule has 3 heterocycles. The molecule has 41 heavy (non-hydrogen) atoms. The molecule has 4 rings (SSSR count). The smallest absolute Gasteiger partial charge is 0.276 e. The number of halogens is 3. The van der Waals surface area contributed by atoms with E-state index in [1.165, 1.54) is 16.8 Å². The summed E-state index contributed by atoms with van der Waals surface area (Å²) in [6.07, 6.45) is 2.26. The molecule has 2 saturated heterocycles. The van der Waals surface area contributed by atoms with Gasteiger partial charge in [-0.3, -0.25) is 9.59 Å². The molecule has 13 heteroatoms. The molecule has 0 radical (unpaired) electrons. The first-order chi connectivity index (χ1) is 19.3. The van der Waals surface area contributed by atoms with Crippen LogP contribution in [0.2, 0.25) is 0 Å². The van der Waals surface area contributed by atoms with Crippen LogP contribution in [0, 0.1) is 23.5 Å². The van der Waals surface area contributed by atoms with Crippen LogP contribution in [0.15, 0.2) is 18.2 Å². The second-order valence-corrected chi connectivity index (χ2v) is 10.9. The fraction of sp³-hybridized carbons (Fsp3) is 0.643. The lowest BCUT2D eigenvalue weighted by Crippen LogP contribution is -2.56. The van der Waals surface area contributed by atoms with Gasteiger partial charge in [0.15, 0.2) is 17.3 Å². The number of ether oxygens (including phenoxy) is 2. The van der Waals surface area contributed by atoms with Crippen molar-refractivity contribution in [3.8, 4) is 5.69 Å². The van der Waals surface area contributed by atoms with Crippen LogP contribution in [0.5, 0.6) is 0 Å². The van der Waals surface area contributed by atoms with Gasteiger partial charge in [-0.1, -0.05) is 25.1 Å². The van der Waals surface area contributed by atoms with Crippen molar-refractivity contribution in [2.45, 2.75) is 45.6 Å². The number of piperidine rings is 1. The van der Waals surface area contributed by atoms with Crippen molar-refractivity contribution in [1.29, 1.82) is 0 Å². The number of hydrogen-bond acceptors (Lipinski definition) is 7. The van der Waals surface area contributed by atoms with Gasteiger partial charge in [-0.25, -0.2) is 13.5 Å². The molecule has 0 spiro atoms. The Balaban J connectivity index is 0.00000462. The Kier molecular flexibility index (Phi) is 12.4. The van der Waals surface area contributed by atoms with Crippen LogP contribution in [0.1, 0.15) is 49.3 Å². The van der Waals surface area contributed by atoms with E-state index < -0.39 is 11.6 Å². The molecule has 2 atom stereocenters. The fourth-order valence-corrected chi connectivity index (χ4v) is 5.39. The second-order valence-electron chi connectivity index (χ2n) is 10.9. The maximum atomic E-state index is 14.8. The van der Waals surface area contributed by atoms with Crippen molar-refractivity contribution in [2.24, 2.45) is 11.8 Å². The molecule has 2 aliphatic rings. The van der Waals surface area contributed by atoms with Gasteiger partial charge in [-0.2, -0.15) is 0 Å². The molecule has 228 valence electrons. The zero-order valence-corrected chi connectivity index (χ0v) is 24.8. The Labute approximate surface area is 246 Å². The summed E-state index contributed by atoms with van der Waals surface area (Å²) < 4.78 is 40.7. The topological polar surface area (TPSA) is 102 Å². The normalized spacial score (nSPS) is 19.2. The van der Waals surface area contributed by atoms with Crippen LogP contribution >= 0.6 is 12.4 Å². The Bertz CT molecular complexity index is 1160. The third kappa shape index (κ3) is 8.00. The fourth-order valence-electron chi connectivity index (χ4n) is 5.39. The van der Waals surface area contributed by atoms with Gasteiger partial charge in [0.1, 0.15) is 5.69 Å². The number of methoxy groups -OCH3 is 1. The molecule has 0 unspecified atom stereocenters. The lowest BCUT2D eigenvalue weighted by atomic mass is 9.92. The Morgan fingerprint density at radius 1 is 1.20 bits per heavy atom. The van der Waals surface area contributed by atoms with Crippen molar-refractivity contribution >= 4 is 24.2 Å². The minimum Gasteiger partial charge on any atom is -0.385 e. The Hall–Kier alpha value is -2.67. The summed E-state index contributed by atoms with van der Waals surface area (Å²) >= 11 is 0. The average Bonchev–Trinajstić information content (AvgIpc) is 3.38. The van der Waals surface area contributed by atoms with Crippen molar-refractivity contribution in [3.05, 3.63) is 41.2 Å². The maximum absolute atomic E-state index is 14.8. The summed E-state index contributed by atoms with van der Waals surface area (Å²) in [6, 6.07) is 3.61. The molecule has 0 saturated carbocycles. The summed E-state index contributed by atoms with van der Waals surface area (Å²) in [5.41, 5.74) is 0.437. The summed E-state index contributed by atoms with van der Waals surface area (Å²) in [5.74, 6) is -2.42. The van der Waals surface area contributed by atoms with Gasteiger partial charge < -0.3 is 24.6 Å². The highest BCUT2D eigenvalue weighted by molar-refractivity contribution is 5.94. The molecule has 1 aromatic heterocycles. The van der Waals surface area contributed by atoms with E-state index in [4.69, 9.17) is 9.47 Å². The van der Waals surface area contributed by atoms with E-state index in [0.717, 1.165) is 6.07 Å². The summed E-state index contributed by atoms with van der Waals surface area (Å²) in [7, 11) is 1.61. The van der Waals surface area contributed by atoms with E-state index in [-0.39, 0.29) is 53.5 Å². The van der Waals surface area contributed by atoms with Crippen LogP contribution in [0.4, 0.5) is 8.78 Å². The minimum absolute atomic E-state index is 0. The molecule has 2 aliphatic heterocycles. The van der Waals surface area contributed by atoms with E-state index in [1.807, 2.05) is 18.7 Å². The molecule has 2 fully saturated rings. The lowest BCUT2D eigenvalue weighted by Gasteiger charge is -2.40. The van der Waals surface area contributed by atoms with Crippen LogP contribution in [0.3, 0.4) is 0 Å². The molecule has 10 nitrogen and oxygen atoms in total. The molecule has 0 bridgehead atoms. The van der Waals surface area contributed by atoms with Gasteiger partial charge in [0.25, 0.3) is 5.91 Å². The maximum Gasteiger partial charge on any atom is 0.276 e. The summed E-state index contributed by atoms with van der Waals surface area (Å²) in [4.78, 5) is 31.0. The molecule has 2 aromatic rings. The number of carbonyl (C=O) groups excluding carboxylic acids is 2. The third-order valence-electron chi connectivity index (χ3n) is 7.40. The SMILES string of the molecule is COCCCCc1c(C(=O)N(CC(C)C)[C@@H]2CNC[C@H](C(=O)N3CCOCC3)C2)nnn1-c1cccc(F)c1F.Cl. The number of unbranched alkanes of at least 4 members (excludes halogenated alkanes) is 1. The number of nitrogens with one attached hydrogen (secondary N) is 1. The Morgan fingerprint density at radius 3 is 2.66 bits per heavy atom. The highest BCUT2D eigenvalue weighted by Crippen LogP contribution is 2.25. The van der Waals surface area contributed by atoms with Crippen LogP contribution in [0.25, 0.3) is 5.69 Å². The first-order valence-corrected chi connectivity index (χ1v) is 14.1. The average molecular weight is 599 g/mol. The van der Waals surface area contributed by atoms with Crippen molar-refractivity contribution in [1.82, 2.24) is 30.1 Å². The number of nitrogens with zero attached hydrogens (tertiary/aromatic N) is 5. The quantitative estimate of drug-likeness (QED) is 0.397. The first-order valence-electron chi connectivity index (χ1n) is 14.1. The molecule has 1 aromatic carbocycles. The van der Waals surface area contributed by atoms with E-state index in [1.54, 1.807) is 12.0 Å². The Morgan fingerprint density at radius 2 is 1.95 bits per heavy atom. The zero-order valence-electron chi connectivity index (χ0n) is 24.0. The van der Waals surface area contributed by atoms with E-state index in [2.05, 4.69) is 15.6 Å². The lowest BCUT2D eigenvalue weighted by molar-refractivity contribution is -0.140. The predicted octanol–water partition coefficient (Wildman–Crippen LogP) is 2.87. The van der Waals surface area contributed by atoms with Crippen LogP contribution < -0.4 is 5.32 Å². The van der Waals surface area contributed by atoms with Gasteiger partial charge in [-0.05, 0) is 43.7 Å². The van der Waals surface area contributed by atoms with Crippen molar-refractivity contribution < 1.29 is 27.8 Å². The van der Waals surface area contributed by atoms with Gasteiger partial charge in [0.2, 0.25) is 5.91 Å². The number of amides is 2. The van der Waals surface area contributed by atoms with Crippen molar-refractivity contribution in [2.75, 3.05) is 59.7 Å². The number of rotatable bonds is 11. The monoisotopic (exact) mass is 598 g/mol. The van der Waals surface area contributed by atoms with Crippen LogP contribution in [-0.2, 0) is 20.7 Å². The van der Waals surface area contributed by atoms with Gasteiger partial charge in [-0.15, -0.1) is 17.5 Å². The molecule has 1 N–H and O–H groups in total. The van der Waals surface area contributed by atoms with E-state index >= 15 is 0 Å². The zero-order chi connectivity index (χ0) is 28.6. The first kappa shape index (κ1) is 32.8.